The molecule has 0 aliphatic carbocycles. The fourth-order valence-electron chi connectivity index (χ4n) is 5.59. The van der Waals surface area contributed by atoms with E-state index in [1.165, 1.54) is 0 Å². The molecule has 3 aromatic heterocycles. The number of hydrogen-bond acceptors (Lipinski definition) is 11. The number of phenolic OH excluding ortho intramolecular Hbond substituents is 1. The first-order chi connectivity index (χ1) is 22.6. The lowest BCUT2D eigenvalue weighted by Gasteiger charge is -2.35. The predicted octanol–water partition coefficient (Wildman–Crippen LogP) is 5.99. The first-order valence-electron chi connectivity index (χ1n) is 15.9. The van der Waals surface area contributed by atoms with Crippen LogP contribution in [0.5, 0.6) is 5.75 Å². The number of aliphatic hydroxyl groups excluding tert-OH is 1. The van der Waals surface area contributed by atoms with Gasteiger partial charge in [-0.05, 0) is 63.2 Å². The molecule has 0 radical (unpaired) electrons. The second kappa shape index (κ2) is 12.5. The molecular formula is C35H42N6O7. The Balaban J connectivity index is 1.13. The number of ether oxygens (including phenoxy) is 1. The Hall–Kier alpha value is -5.01. The van der Waals surface area contributed by atoms with Crippen LogP contribution in [0.15, 0.2) is 57.5 Å². The minimum Gasteiger partial charge on any atom is -0.508 e. The summed E-state index contributed by atoms with van der Waals surface area (Å²) in [6.07, 6.45) is -1.48. The van der Waals surface area contributed by atoms with Gasteiger partial charge in [0, 0.05) is 71.7 Å². The zero-order chi connectivity index (χ0) is 34.4. The van der Waals surface area contributed by atoms with Crippen LogP contribution in [0.25, 0.3) is 21.9 Å². The third-order valence-electron chi connectivity index (χ3n) is 8.12. The molecule has 6 rings (SSSR count). The van der Waals surface area contributed by atoms with Gasteiger partial charge in [-0.1, -0.05) is 25.9 Å². The van der Waals surface area contributed by atoms with Gasteiger partial charge in [-0.25, -0.2) is 4.79 Å². The van der Waals surface area contributed by atoms with Crippen LogP contribution in [0.3, 0.4) is 0 Å². The van der Waals surface area contributed by atoms with Crippen LogP contribution in [0, 0.1) is 0 Å². The SMILES string of the molecule is CC(C)(C)OC(=O)N1CCN(Cc2c(O)ccc3[nH]c(C(=O)c4cc5cc(NC(O)Nc6cc(C(C)(C)C)on6)ccc5o4)cc23)CC1. The minimum atomic E-state index is -1.15. The summed E-state index contributed by atoms with van der Waals surface area (Å²) in [4.78, 5) is 33.1. The summed E-state index contributed by atoms with van der Waals surface area (Å²) in [7, 11) is 0. The van der Waals surface area contributed by atoms with E-state index in [4.69, 9.17) is 13.7 Å². The number of aromatic nitrogens is 2. The third-order valence-corrected chi connectivity index (χ3v) is 8.12. The molecule has 0 bridgehead atoms. The van der Waals surface area contributed by atoms with Crippen molar-refractivity contribution in [2.45, 2.75) is 65.5 Å². The number of aromatic hydroxyl groups is 1. The van der Waals surface area contributed by atoms with Gasteiger partial charge in [0.2, 0.25) is 12.1 Å². The molecule has 5 N–H and O–H groups in total. The normalized spacial score (nSPS) is 15.2. The van der Waals surface area contributed by atoms with Crippen LogP contribution in [0.4, 0.5) is 16.3 Å². The van der Waals surface area contributed by atoms with Gasteiger partial charge in [0.1, 0.15) is 22.7 Å². The summed E-state index contributed by atoms with van der Waals surface area (Å²) in [6, 6.07) is 13.7. The number of furan rings is 1. The molecule has 254 valence electrons. The Morgan fingerprint density at radius 1 is 1.00 bits per heavy atom. The highest BCUT2D eigenvalue weighted by molar-refractivity contribution is 6.10. The third kappa shape index (κ3) is 7.26. The molecule has 1 amide bonds. The quantitative estimate of drug-likeness (QED) is 0.0981. The summed E-state index contributed by atoms with van der Waals surface area (Å²) in [5, 5.41) is 32.5. The van der Waals surface area contributed by atoms with E-state index in [-0.39, 0.29) is 28.8 Å². The number of aliphatic hydroxyl groups is 1. The van der Waals surface area contributed by atoms with E-state index in [9.17, 15) is 19.8 Å². The predicted molar refractivity (Wildman–Crippen MR) is 181 cm³/mol. The number of hydrogen-bond donors (Lipinski definition) is 5. The number of carbonyl (C=O) groups excluding carboxylic acids is 2. The molecule has 0 saturated carbocycles. The number of nitrogens with one attached hydrogen (secondary N) is 3. The van der Waals surface area contributed by atoms with E-state index in [1.54, 1.807) is 53.4 Å². The molecule has 13 nitrogen and oxygen atoms in total. The maximum Gasteiger partial charge on any atom is 0.410 e. The lowest BCUT2D eigenvalue weighted by Crippen LogP contribution is -2.49. The van der Waals surface area contributed by atoms with E-state index in [0.717, 1.165) is 5.39 Å². The van der Waals surface area contributed by atoms with Gasteiger partial charge in [0.15, 0.2) is 11.6 Å². The summed E-state index contributed by atoms with van der Waals surface area (Å²) in [5.74, 6) is 1.03. The van der Waals surface area contributed by atoms with E-state index in [1.807, 2.05) is 41.5 Å². The number of benzene rings is 2. The highest BCUT2D eigenvalue weighted by Gasteiger charge is 2.27. The van der Waals surface area contributed by atoms with Crippen molar-refractivity contribution in [2.75, 3.05) is 36.8 Å². The highest BCUT2D eigenvalue weighted by Crippen LogP contribution is 2.32. The number of rotatable bonds is 8. The number of nitrogens with zero attached hydrogens (tertiary/aromatic N) is 3. The topological polar surface area (TPSA) is 169 Å². The summed E-state index contributed by atoms with van der Waals surface area (Å²) in [6.45, 7) is 14.3. The fraction of sp³-hybridized carbons (Fsp3) is 0.400. The van der Waals surface area contributed by atoms with Crippen molar-refractivity contribution in [1.29, 1.82) is 0 Å². The number of phenols is 1. The molecule has 48 heavy (non-hydrogen) atoms. The van der Waals surface area contributed by atoms with Crippen LogP contribution < -0.4 is 10.6 Å². The number of carbonyl (C=O) groups is 2. The Bertz CT molecular complexity index is 1950. The van der Waals surface area contributed by atoms with E-state index in [2.05, 4.69) is 25.7 Å². The minimum absolute atomic E-state index is 0.133. The molecule has 0 spiro atoms. The van der Waals surface area contributed by atoms with Crippen molar-refractivity contribution in [3.63, 3.8) is 0 Å². The monoisotopic (exact) mass is 658 g/mol. The highest BCUT2D eigenvalue weighted by atomic mass is 16.6. The Labute approximate surface area is 277 Å². The summed E-state index contributed by atoms with van der Waals surface area (Å²) < 4.78 is 16.8. The number of H-pyrrole nitrogens is 1. The molecule has 1 atom stereocenters. The summed E-state index contributed by atoms with van der Waals surface area (Å²) in [5.41, 5.74) is 2.07. The molecule has 5 aromatic rings. The van der Waals surface area contributed by atoms with Crippen molar-refractivity contribution in [2.24, 2.45) is 0 Å². The van der Waals surface area contributed by atoms with Crippen LogP contribution in [-0.4, -0.2) is 80.2 Å². The summed E-state index contributed by atoms with van der Waals surface area (Å²) >= 11 is 0. The molecule has 13 heteroatoms. The second-order valence-corrected chi connectivity index (χ2v) is 14.2. The van der Waals surface area contributed by atoms with Crippen LogP contribution in [0.2, 0.25) is 0 Å². The van der Waals surface area contributed by atoms with E-state index in [0.29, 0.717) is 77.7 Å². The molecule has 1 saturated heterocycles. The average Bonchev–Trinajstić information content (AvgIpc) is 3.76. The number of aromatic amines is 1. The maximum atomic E-state index is 13.6. The van der Waals surface area contributed by atoms with E-state index < -0.39 is 12.0 Å². The van der Waals surface area contributed by atoms with E-state index >= 15 is 0 Å². The lowest BCUT2D eigenvalue weighted by molar-refractivity contribution is 0.0138. The number of ketones is 1. The van der Waals surface area contributed by atoms with Crippen molar-refractivity contribution in [1.82, 2.24) is 19.9 Å². The van der Waals surface area contributed by atoms with Crippen LogP contribution >= 0.6 is 0 Å². The number of fused-ring (bicyclic) bond motifs is 2. The van der Waals surface area contributed by atoms with Crippen LogP contribution in [0.1, 0.15) is 69.1 Å². The number of amides is 1. The zero-order valence-corrected chi connectivity index (χ0v) is 28.0. The van der Waals surface area contributed by atoms with Crippen molar-refractivity contribution in [3.05, 3.63) is 71.3 Å². The van der Waals surface area contributed by atoms with Gasteiger partial charge >= 0.3 is 6.09 Å². The molecule has 1 aliphatic rings. The second-order valence-electron chi connectivity index (χ2n) is 14.2. The number of anilines is 2. The van der Waals surface area contributed by atoms with Gasteiger partial charge in [-0.15, -0.1) is 0 Å². The first-order valence-corrected chi connectivity index (χ1v) is 15.9. The van der Waals surface area contributed by atoms with Gasteiger partial charge in [0.05, 0.1) is 5.69 Å². The Morgan fingerprint density at radius 2 is 1.75 bits per heavy atom. The van der Waals surface area contributed by atoms with Gasteiger partial charge in [-0.2, -0.15) is 0 Å². The maximum absolute atomic E-state index is 13.6. The van der Waals surface area contributed by atoms with Crippen LogP contribution in [-0.2, 0) is 16.7 Å². The molecule has 4 heterocycles. The van der Waals surface area contributed by atoms with Gasteiger partial charge in [-0.3, -0.25) is 9.69 Å². The largest absolute Gasteiger partial charge is 0.508 e. The molecule has 2 aromatic carbocycles. The van der Waals surface area contributed by atoms with Crippen molar-refractivity contribution in [3.8, 4) is 5.75 Å². The first kappa shape index (κ1) is 32.9. The number of piperazine rings is 1. The Morgan fingerprint density at radius 3 is 2.44 bits per heavy atom. The van der Waals surface area contributed by atoms with Crippen molar-refractivity contribution < 1.29 is 33.5 Å². The average molecular weight is 659 g/mol. The molecule has 1 fully saturated rings. The standard InChI is InChI=1S/C35H42N6O7/c1-34(2,3)29-18-30(39-48-29)38-32(44)36-21-7-10-27-20(15-21)16-28(46-27)31(43)25-17-22-23(26(42)9-8-24(22)37-25)19-40-11-13-41(14-12-40)33(45)47-35(4,5)6/h7-10,15-18,32,36-37,42,44H,11-14,19H2,1-6H3,(H,38,39). The lowest BCUT2D eigenvalue weighted by atomic mass is 9.93. The molecular weight excluding hydrogens is 616 g/mol. The molecule has 1 unspecified atom stereocenters. The Kier molecular flexibility index (Phi) is 8.60. The zero-order valence-electron chi connectivity index (χ0n) is 28.0. The van der Waals surface area contributed by atoms with Gasteiger partial charge in [0.25, 0.3) is 0 Å². The smallest absolute Gasteiger partial charge is 0.410 e. The van der Waals surface area contributed by atoms with Gasteiger partial charge < -0.3 is 44.4 Å². The van der Waals surface area contributed by atoms with Crippen molar-refractivity contribution >= 4 is 45.3 Å². The fourth-order valence-corrected chi connectivity index (χ4v) is 5.59. The molecule has 1 aliphatic heterocycles.